The standard InChI is InChI=1S/C7H5BrClF/c8-4-5-3-6(9)1-2-7(5)10/h1-3H,4H2. The highest BCUT2D eigenvalue weighted by Crippen LogP contribution is 2.16. The topological polar surface area (TPSA) is 0 Å². The predicted molar refractivity (Wildman–Crippen MR) is 44.0 cm³/mol. The number of rotatable bonds is 1. The number of hydrogen-bond donors (Lipinski definition) is 0. The van der Waals surface area contributed by atoms with E-state index >= 15 is 0 Å². The third-order valence-corrected chi connectivity index (χ3v) is 1.99. The molecule has 0 spiro atoms. The molecule has 0 saturated carbocycles. The van der Waals surface area contributed by atoms with Crippen molar-refractivity contribution in [1.82, 2.24) is 0 Å². The lowest BCUT2D eigenvalue weighted by molar-refractivity contribution is 0.618. The zero-order valence-electron chi connectivity index (χ0n) is 5.07. The summed E-state index contributed by atoms with van der Waals surface area (Å²) < 4.78 is 12.7. The van der Waals surface area contributed by atoms with E-state index in [1.54, 1.807) is 6.07 Å². The molecular formula is C7H5BrClF. The number of alkyl halides is 1. The average Bonchev–Trinajstić information content (AvgIpc) is 1.94. The summed E-state index contributed by atoms with van der Waals surface area (Å²) in [5.74, 6) is -0.221. The first-order valence-corrected chi connectivity index (χ1v) is 4.24. The lowest BCUT2D eigenvalue weighted by atomic mass is 10.2. The zero-order valence-corrected chi connectivity index (χ0v) is 7.41. The van der Waals surface area contributed by atoms with Gasteiger partial charge in [-0.1, -0.05) is 27.5 Å². The highest BCUT2D eigenvalue weighted by atomic mass is 79.9. The third kappa shape index (κ3) is 1.70. The smallest absolute Gasteiger partial charge is 0.127 e. The van der Waals surface area contributed by atoms with Crippen LogP contribution in [0.1, 0.15) is 5.56 Å². The second kappa shape index (κ2) is 3.35. The van der Waals surface area contributed by atoms with Gasteiger partial charge in [-0.3, -0.25) is 0 Å². The SMILES string of the molecule is Fc1ccc(Cl)cc1CBr. The zero-order chi connectivity index (χ0) is 7.56. The average molecular weight is 223 g/mol. The summed E-state index contributed by atoms with van der Waals surface area (Å²) in [6.07, 6.45) is 0. The molecular weight excluding hydrogens is 218 g/mol. The third-order valence-electron chi connectivity index (χ3n) is 1.15. The van der Waals surface area contributed by atoms with Crippen LogP contribution in [0.2, 0.25) is 5.02 Å². The van der Waals surface area contributed by atoms with Crippen LogP contribution in [0.3, 0.4) is 0 Å². The minimum absolute atomic E-state index is 0.221. The fourth-order valence-corrected chi connectivity index (χ4v) is 1.27. The maximum Gasteiger partial charge on any atom is 0.127 e. The minimum atomic E-state index is -0.221. The Bertz CT molecular complexity index is 237. The van der Waals surface area contributed by atoms with Crippen molar-refractivity contribution in [3.05, 3.63) is 34.6 Å². The van der Waals surface area contributed by atoms with E-state index in [-0.39, 0.29) is 5.82 Å². The second-order valence-corrected chi connectivity index (χ2v) is 2.87. The summed E-state index contributed by atoms with van der Waals surface area (Å²) in [7, 11) is 0. The summed E-state index contributed by atoms with van der Waals surface area (Å²) in [6.45, 7) is 0. The van der Waals surface area contributed by atoms with Crippen molar-refractivity contribution in [3.8, 4) is 0 Å². The van der Waals surface area contributed by atoms with Crippen LogP contribution < -0.4 is 0 Å². The van der Waals surface area contributed by atoms with Gasteiger partial charge >= 0.3 is 0 Å². The molecule has 0 fully saturated rings. The van der Waals surface area contributed by atoms with Gasteiger partial charge in [0.1, 0.15) is 5.82 Å². The second-order valence-electron chi connectivity index (χ2n) is 1.87. The van der Waals surface area contributed by atoms with Gasteiger partial charge in [-0.2, -0.15) is 0 Å². The molecule has 0 aliphatic heterocycles. The van der Waals surface area contributed by atoms with Gasteiger partial charge in [-0.15, -0.1) is 0 Å². The highest BCUT2D eigenvalue weighted by molar-refractivity contribution is 9.08. The van der Waals surface area contributed by atoms with Crippen molar-refractivity contribution < 1.29 is 4.39 Å². The monoisotopic (exact) mass is 222 g/mol. The van der Waals surface area contributed by atoms with Crippen molar-refractivity contribution in [3.63, 3.8) is 0 Å². The van der Waals surface area contributed by atoms with Crippen LogP contribution in [0.25, 0.3) is 0 Å². The molecule has 0 radical (unpaired) electrons. The predicted octanol–water partition coefficient (Wildman–Crippen LogP) is 3.37. The Morgan fingerprint density at radius 2 is 2.20 bits per heavy atom. The lowest BCUT2D eigenvalue weighted by Gasteiger charge is -1.96. The van der Waals surface area contributed by atoms with Gasteiger partial charge in [0, 0.05) is 10.4 Å². The summed E-state index contributed by atoms with van der Waals surface area (Å²) >= 11 is 8.75. The van der Waals surface area contributed by atoms with Gasteiger partial charge in [0.05, 0.1) is 0 Å². The van der Waals surface area contributed by atoms with Crippen LogP contribution in [-0.2, 0) is 5.33 Å². The molecule has 0 unspecified atom stereocenters. The van der Waals surface area contributed by atoms with Crippen molar-refractivity contribution in [2.45, 2.75) is 5.33 Å². The first kappa shape index (κ1) is 8.02. The molecule has 0 N–H and O–H groups in total. The van der Waals surface area contributed by atoms with E-state index in [0.717, 1.165) is 0 Å². The maximum atomic E-state index is 12.7. The molecule has 0 nitrogen and oxygen atoms in total. The van der Waals surface area contributed by atoms with Gasteiger partial charge in [-0.05, 0) is 23.8 Å². The molecule has 10 heavy (non-hydrogen) atoms. The fraction of sp³-hybridized carbons (Fsp3) is 0.143. The molecule has 0 atom stereocenters. The van der Waals surface area contributed by atoms with E-state index in [1.807, 2.05) is 0 Å². The maximum absolute atomic E-state index is 12.7. The Hall–Kier alpha value is -0.0800. The van der Waals surface area contributed by atoms with E-state index in [4.69, 9.17) is 11.6 Å². The van der Waals surface area contributed by atoms with Crippen molar-refractivity contribution in [1.29, 1.82) is 0 Å². The van der Waals surface area contributed by atoms with Crippen LogP contribution >= 0.6 is 27.5 Å². The van der Waals surface area contributed by atoms with Crippen LogP contribution in [0.5, 0.6) is 0 Å². The fourth-order valence-electron chi connectivity index (χ4n) is 0.646. The van der Waals surface area contributed by atoms with Crippen LogP contribution in [-0.4, -0.2) is 0 Å². The molecule has 3 heteroatoms. The molecule has 1 rings (SSSR count). The molecule has 0 bridgehead atoms. The normalized spacial score (nSPS) is 9.90. The van der Waals surface area contributed by atoms with Crippen molar-refractivity contribution in [2.75, 3.05) is 0 Å². The summed E-state index contributed by atoms with van der Waals surface area (Å²) in [5.41, 5.74) is 0.590. The Labute approximate surface area is 72.1 Å². The molecule has 54 valence electrons. The quantitative estimate of drug-likeness (QED) is 0.640. The largest absolute Gasteiger partial charge is 0.207 e. The Morgan fingerprint density at radius 3 is 2.70 bits per heavy atom. The van der Waals surface area contributed by atoms with E-state index in [2.05, 4.69) is 15.9 Å². The summed E-state index contributed by atoms with van der Waals surface area (Å²) in [6, 6.07) is 4.49. The molecule has 0 aromatic heterocycles. The molecule has 0 aliphatic rings. The van der Waals surface area contributed by atoms with Gasteiger partial charge in [0.2, 0.25) is 0 Å². The Kier molecular flexibility index (Phi) is 2.69. The highest BCUT2D eigenvalue weighted by Gasteiger charge is 1.99. The van der Waals surface area contributed by atoms with Crippen molar-refractivity contribution >= 4 is 27.5 Å². The van der Waals surface area contributed by atoms with Gasteiger partial charge in [-0.25, -0.2) is 4.39 Å². The van der Waals surface area contributed by atoms with E-state index in [1.165, 1.54) is 12.1 Å². The van der Waals surface area contributed by atoms with E-state index in [9.17, 15) is 4.39 Å². The molecule has 0 saturated heterocycles. The molecule has 0 amide bonds. The molecule has 1 aromatic carbocycles. The number of halogens is 3. The van der Waals surface area contributed by atoms with Gasteiger partial charge < -0.3 is 0 Å². The minimum Gasteiger partial charge on any atom is -0.207 e. The molecule has 0 heterocycles. The summed E-state index contributed by atoms with van der Waals surface area (Å²) in [4.78, 5) is 0. The van der Waals surface area contributed by atoms with E-state index < -0.39 is 0 Å². The van der Waals surface area contributed by atoms with E-state index in [0.29, 0.717) is 15.9 Å². The van der Waals surface area contributed by atoms with Crippen molar-refractivity contribution in [2.24, 2.45) is 0 Å². The number of hydrogen-bond acceptors (Lipinski definition) is 0. The summed E-state index contributed by atoms with van der Waals surface area (Å²) in [5, 5.41) is 1.07. The Balaban J connectivity index is 3.09. The first-order chi connectivity index (χ1) is 4.74. The Morgan fingerprint density at radius 1 is 1.50 bits per heavy atom. The van der Waals surface area contributed by atoms with Crippen LogP contribution in [0.15, 0.2) is 18.2 Å². The molecule has 0 aliphatic carbocycles. The van der Waals surface area contributed by atoms with Gasteiger partial charge in [0.15, 0.2) is 0 Å². The molecule has 1 aromatic rings. The van der Waals surface area contributed by atoms with Crippen LogP contribution in [0, 0.1) is 5.82 Å². The first-order valence-electron chi connectivity index (χ1n) is 2.74. The lowest BCUT2D eigenvalue weighted by Crippen LogP contribution is -1.83. The number of benzene rings is 1. The van der Waals surface area contributed by atoms with Gasteiger partial charge in [0.25, 0.3) is 0 Å². The van der Waals surface area contributed by atoms with Crippen LogP contribution in [0.4, 0.5) is 4.39 Å².